The van der Waals surface area contributed by atoms with Crippen molar-refractivity contribution in [3.8, 4) is 0 Å². The number of unbranched alkanes of at least 4 members (excludes halogenated alkanes) is 2. The summed E-state index contributed by atoms with van der Waals surface area (Å²) in [5, 5.41) is 0. The Morgan fingerprint density at radius 3 is 2.53 bits per heavy atom. The smallest absolute Gasteiger partial charge is 0.409 e. The van der Waals surface area contributed by atoms with Gasteiger partial charge in [0.1, 0.15) is 0 Å². The van der Waals surface area contributed by atoms with Crippen molar-refractivity contribution in [2.45, 2.75) is 52.9 Å². The van der Waals surface area contributed by atoms with Crippen LogP contribution in [0.15, 0.2) is 0 Å². The molecule has 0 aromatic carbocycles. The van der Waals surface area contributed by atoms with E-state index in [1.54, 1.807) is 0 Å². The topological polar surface area (TPSA) is 29.5 Å². The van der Waals surface area contributed by atoms with Gasteiger partial charge in [0.05, 0.1) is 6.61 Å². The molecule has 0 N–H and O–H groups in total. The van der Waals surface area contributed by atoms with Gasteiger partial charge in [-0.1, -0.05) is 40.0 Å². The Bertz CT molecular complexity index is 305. The highest BCUT2D eigenvalue weighted by atomic mass is 16.6. The summed E-state index contributed by atoms with van der Waals surface area (Å²) in [5.41, 5.74) is 0. The first-order valence-corrected chi connectivity index (χ1v) is 8.10. The first-order chi connectivity index (χ1) is 9.19. The summed E-state index contributed by atoms with van der Waals surface area (Å²) in [4.78, 5) is 13.9. The molecule has 0 aromatic heterocycles. The molecular weight excluding hydrogens is 238 g/mol. The van der Waals surface area contributed by atoms with Crippen LogP contribution in [0, 0.1) is 23.7 Å². The maximum Gasteiger partial charge on any atom is 0.409 e. The van der Waals surface area contributed by atoms with Gasteiger partial charge >= 0.3 is 6.09 Å². The fraction of sp³-hybridized carbons (Fsp3) is 0.938. The summed E-state index contributed by atoms with van der Waals surface area (Å²) < 4.78 is 5.33. The van der Waals surface area contributed by atoms with E-state index in [9.17, 15) is 4.79 Å². The third-order valence-corrected chi connectivity index (χ3v) is 5.19. The van der Waals surface area contributed by atoms with E-state index in [4.69, 9.17) is 4.74 Å². The number of amides is 1. The minimum atomic E-state index is -0.0794. The maximum absolute atomic E-state index is 12.0. The number of likely N-dealkylation sites (tertiary alicyclic amines) is 1. The molecule has 0 spiro atoms. The highest BCUT2D eigenvalue weighted by Crippen LogP contribution is 2.52. The minimum Gasteiger partial charge on any atom is -0.449 e. The summed E-state index contributed by atoms with van der Waals surface area (Å²) in [6, 6.07) is 0. The molecule has 2 aliphatic rings. The van der Waals surface area contributed by atoms with Gasteiger partial charge in [-0.25, -0.2) is 4.79 Å². The van der Waals surface area contributed by atoms with E-state index in [-0.39, 0.29) is 6.09 Å². The van der Waals surface area contributed by atoms with Gasteiger partial charge in [0.15, 0.2) is 0 Å². The van der Waals surface area contributed by atoms with Gasteiger partial charge < -0.3 is 9.64 Å². The van der Waals surface area contributed by atoms with Crippen LogP contribution in [0.4, 0.5) is 4.79 Å². The normalized spacial score (nSPS) is 32.9. The largest absolute Gasteiger partial charge is 0.449 e. The number of carbonyl (C=O) groups is 1. The van der Waals surface area contributed by atoms with Gasteiger partial charge in [-0.15, -0.1) is 0 Å². The summed E-state index contributed by atoms with van der Waals surface area (Å²) in [5.74, 6) is 3.13. The quantitative estimate of drug-likeness (QED) is 0.682. The Morgan fingerprint density at radius 2 is 1.84 bits per heavy atom. The zero-order valence-corrected chi connectivity index (χ0v) is 12.7. The van der Waals surface area contributed by atoms with Crippen LogP contribution in [0.25, 0.3) is 0 Å². The molecule has 2 fully saturated rings. The molecular formula is C16H29NO2. The molecule has 1 saturated heterocycles. The lowest BCUT2D eigenvalue weighted by atomic mass is 9.57. The van der Waals surface area contributed by atoms with Crippen LogP contribution >= 0.6 is 0 Å². The molecule has 4 atom stereocenters. The average Bonchev–Trinajstić information content (AvgIpc) is 2.80. The van der Waals surface area contributed by atoms with Crippen LogP contribution in [0.2, 0.25) is 0 Å². The van der Waals surface area contributed by atoms with Gasteiger partial charge in [-0.05, 0) is 36.5 Å². The molecule has 4 unspecified atom stereocenters. The standard InChI is InChI=1S/C16H29NO2/c1-4-6-8-13-12(3)14-10-17(11-15(13)14)16(18)19-9-7-5-2/h12-15H,4-11H2,1-3H3. The zero-order valence-electron chi connectivity index (χ0n) is 12.7. The Morgan fingerprint density at radius 1 is 1.16 bits per heavy atom. The Labute approximate surface area is 117 Å². The Hall–Kier alpha value is -0.730. The van der Waals surface area contributed by atoms with Crippen LogP contribution < -0.4 is 0 Å². The maximum atomic E-state index is 12.0. The molecule has 110 valence electrons. The Balaban J connectivity index is 1.78. The van der Waals surface area contributed by atoms with Crippen LogP contribution in [-0.2, 0) is 4.74 Å². The van der Waals surface area contributed by atoms with Gasteiger partial charge in [0.25, 0.3) is 0 Å². The summed E-state index contributed by atoms with van der Waals surface area (Å²) in [6.45, 7) is 9.19. The first kappa shape index (κ1) is 14.7. The molecule has 3 nitrogen and oxygen atoms in total. The average molecular weight is 267 g/mol. The van der Waals surface area contributed by atoms with Gasteiger partial charge in [0, 0.05) is 13.1 Å². The fourth-order valence-electron chi connectivity index (χ4n) is 3.89. The van der Waals surface area contributed by atoms with E-state index < -0.39 is 0 Å². The van der Waals surface area contributed by atoms with Gasteiger partial charge in [0.2, 0.25) is 0 Å². The third-order valence-electron chi connectivity index (χ3n) is 5.19. The monoisotopic (exact) mass is 267 g/mol. The number of nitrogens with zero attached hydrogens (tertiary/aromatic N) is 1. The molecule has 1 amide bonds. The molecule has 0 bridgehead atoms. The molecule has 1 heterocycles. The molecule has 2 rings (SSSR count). The number of hydrogen-bond acceptors (Lipinski definition) is 2. The molecule has 1 aliphatic heterocycles. The van der Waals surface area contributed by atoms with Crippen LogP contribution in [0.1, 0.15) is 52.9 Å². The van der Waals surface area contributed by atoms with E-state index in [2.05, 4.69) is 20.8 Å². The second kappa shape index (κ2) is 6.62. The van der Waals surface area contributed by atoms with Crippen LogP contribution in [0.3, 0.4) is 0 Å². The van der Waals surface area contributed by atoms with E-state index in [1.807, 2.05) is 4.90 Å². The lowest BCUT2D eigenvalue weighted by Crippen LogP contribution is -2.44. The molecule has 0 radical (unpaired) electrons. The lowest BCUT2D eigenvalue weighted by Gasteiger charge is -2.46. The number of hydrogen-bond donors (Lipinski definition) is 0. The van der Waals surface area contributed by atoms with Crippen molar-refractivity contribution in [3.63, 3.8) is 0 Å². The minimum absolute atomic E-state index is 0.0794. The second-order valence-corrected chi connectivity index (χ2v) is 6.37. The zero-order chi connectivity index (χ0) is 13.8. The van der Waals surface area contributed by atoms with E-state index in [0.29, 0.717) is 6.61 Å². The van der Waals surface area contributed by atoms with Crippen molar-refractivity contribution in [3.05, 3.63) is 0 Å². The van der Waals surface area contributed by atoms with Crippen molar-refractivity contribution >= 4 is 6.09 Å². The predicted octanol–water partition coefficient (Wildman–Crippen LogP) is 3.93. The number of ether oxygens (including phenoxy) is 1. The predicted molar refractivity (Wildman–Crippen MR) is 77.0 cm³/mol. The van der Waals surface area contributed by atoms with Crippen molar-refractivity contribution in [2.24, 2.45) is 23.7 Å². The van der Waals surface area contributed by atoms with E-state index in [0.717, 1.165) is 49.6 Å². The lowest BCUT2D eigenvalue weighted by molar-refractivity contribution is 0.0230. The van der Waals surface area contributed by atoms with Gasteiger partial charge in [-0.2, -0.15) is 0 Å². The number of carbonyl (C=O) groups excluding carboxylic acids is 1. The van der Waals surface area contributed by atoms with Gasteiger partial charge in [-0.3, -0.25) is 0 Å². The third kappa shape index (κ3) is 3.06. The van der Waals surface area contributed by atoms with Crippen molar-refractivity contribution < 1.29 is 9.53 Å². The molecule has 3 heteroatoms. The second-order valence-electron chi connectivity index (χ2n) is 6.37. The number of rotatable bonds is 6. The van der Waals surface area contributed by atoms with Crippen molar-refractivity contribution in [2.75, 3.05) is 19.7 Å². The molecule has 0 aromatic rings. The summed E-state index contributed by atoms with van der Waals surface area (Å²) in [7, 11) is 0. The SMILES string of the molecule is CCCCOC(=O)N1CC2C(C)C(CCCC)C2C1. The van der Waals surface area contributed by atoms with Crippen LogP contribution in [-0.4, -0.2) is 30.7 Å². The highest BCUT2D eigenvalue weighted by molar-refractivity contribution is 5.68. The van der Waals surface area contributed by atoms with E-state index in [1.165, 1.54) is 19.3 Å². The molecule has 1 aliphatic carbocycles. The fourth-order valence-corrected chi connectivity index (χ4v) is 3.89. The number of fused-ring (bicyclic) bond motifs is 1. The summed E-state index contributed by atoms with van der Waals surface area (Å²) in [6.07, 6.45) is 5.93. The molecule has 1 saturated carbocycles. The first-order valence-electron chi connectivity index (χ1n) is 8.10. The Kier molecular flexibility index (Phi) is 5.12. The van der Waals surface area contributed by atoms with Crippen LogP contribution in [0.5, 0.6) is 0 Å². The van der Waals surface area contributed by atoms with Crippen molar-refractivity contribution in [1.29, 1.82) is 0 Å². The molecule has 19 heavy (non-hydrogen) atoms. The highest BCUT2D eigenvalue weighted by Gasteiger charge is 2.52. The van der Waals surface area contributed by atoms with E-state index >= 15 is 0 Å². The summed E-state index contributed by atoms with van der Waals surface area (Å²) >= 11 is 0. The van der Waals surface area contributed by atoms with Crippen molar-refractivity contribution in [1.82, 2.24) is 4.90 Å².